The van der Waals surface area contributed by atoms with Crippen LogP contribution >= 0.6 is 11.3 Å². The SMILES string of the molecule is O=C(Nc1cccc(-c2ncnc3scc(-c4ccncc4)c23)c1)Nc1ccc(F)c(C(F)(F)F)c1. The van der Waals surface area contributed by atoms with Crippen LogP contribution in [-0.4, -0.2) is 21.0 Å². The van der Waals surface area contributed by atoms with E-state index in [1.54, 1.807) is 30.6 Å². The van der Waals surface area contributed by atoms with Crippen molar-refractivity contribution in [3.63, 3.8) is 0 Å². The normalized spacial score (nSPS) is 11.4. The third kappa shape index (κ3) is 4.73. The topological polar surface area (TPSA) is 79.8 Å². The van der Waals surface area contributed by atoms with E-state index in [1.165, 1.54) is 17.7 Å². The number of amides is 2. The summed E-state index contributed by atoms with van der Waals surface area (Å²) in [6.07, 6.45) is -0.0230. The Morgan fingerprint density at radius 3 is 2.39 bits per heavy atom. The van der Waals surface area contributed by atoms with Gasteiger partial charge >= 0.3 is 12.2 Å². The summed E-state index contributed by atoms with van der Waals surface area (Å²) >= 11 is 1.48. The molecule has 0 unspecified atom stereocenters. The van der Waals surface area contributed by atoms with Gasteiger partial charge in [-0.1, -0.05) is 12.1 Å². The van der Waals surface area contributed by atoms with E-state index in [4.69, 9.17) is 0 Å². The molecule has 2 aromatic carbocycles. The Morgan fingerprint density at radius 1 is 0.889 bits per heavy atom. The lowest BCUT2D eigenvalue weighted by molar-refractivity contribution is -0.139. The standard InChI is InChI=1S/C25H15F4N5OS/c26-20-5-4-17(11-19(20)25(27,28)29)34-24(35)33-16-3-1-2-15(10-16)22-21-18(14-6-8-30-9-7-14)12-36-23(21)32-13-31-22/h1-13H,(H2,33,34,35). The highest BCUT2D eigenvalue weighted by Gasteiger charge is 2.34. The lowest BCUT2D eigenvalue weighted by Gasteiger charge is -2.12. The number of thiophene rings is 1. The Hall–Kier alpha value is -4.38. The van der Waals surface area contributed by atoms with Gasteiger partial charge in [0.2, 0.25) is 0 Å². The number of urea groups is 1. The van der Waals surface area contributed by atoms with E-state index < -0.39 is 23.6 Å². The molecule has 0 saturated heterocycles. The Balaban J connectivity index is 1.42. The molecule has 0 saturated carbocycles. The summed E-state index contributed by atoms with van der Waals surface area (Å²) in [5.41, 5.74) is 1.99. The summed E-state index contributed by atoms with van der Waals surface area (Å²) in [5, 5.41) is 7.73. The zero-order valence-corrected chi connectivity index (χ0v) is 19.0. The minimum Gasteiger partial charge on any atom is -0.308 e. The summed E-state index contributed by atoms with van der Waals surface area (Å²) in [7, 11) is 0. The van der Waals surface area contributed by atoms with Crippen LogP contribution in [0, 0.1) is 5.82 Å². The van der Waals surface area contributed by atoms with Crippen molar-refractivity contribution in [2.24, 2.45) is 0 Å². The first-order valence-electron chi connectivity index (χ1n) is 10.5. The second kappa shape index (κ2) is 9.34. The largest absolute Gasteiger partial charge is 0.419 e. The summed E-state index contributed by atoms with van der Waals surface area (Å²) < 4.78 is 52.4. The van der Waals surface area contributed by atoms with E-state index in [2.05, 4.69) is 25.6 Å². The first-order chi connectivity index (χ1) is 17.3. The van der Waals surface area contributed by atoms with Crippen LogP contribution in [0.2, 0.25) is 0 Å². The number of carbonyl (C=O) groups excluding carboxylic acids is 1. The van der Waals surface area contributed by atoms with Crippen LogP contribution in [0.25, 0.3) is 32.6 Å². The first-order valence-corrected chi connectivity index (χ1v) is 11.4. The molecule has 6 nitrogen and oxygen atoms in total. The van der Waals surface area contributed by atoms with Gasteiger partial charge in [0.1, 0.15) is 17.0 Å². The maximum absolute atomic E-state index is 13.5. The molecule has 0 aliphatic rings. The van der Waals surface area contributed by atoms with Gasteiger partial charge < -0.3 is 10.6 Å². The summed E-state index contributed by atoms with van der Waals surface area (Å²) in [4.78, 5) is 26.1. The van der Waals surface area contributed by atoms with Crippen LogP contribution in [0.15, 0.2) is 78.7 Å². The van der Waals surface area contributed by atoms with Gasteiger partial charge in [0.25, 0.3) is 0 Å². The predicted molar refractivity (Wildman–Crippen MR) is 130 cm³/mol. The molecule has 180 valence electrons. The number of fused-ring (bicyclic) bond motifs is 1. The number of rotatable bonds is 4. The quantitative estimate of drug-likeness (QED) is 0.251. The Morgan fingerprint density at radius 2 is 1.64 bits per heavy atom. The summed E-state index contributed by atoms with van der Waals surface area (Å²) in [5.74, 6) is -1.42. The molecule has 0 radical (unpaired) electrons. The fourth-order valence-corrected chi connectivity index (χ4v) is 4.61. The van der Waals surface area contributed by atoms with Gasteiger partial charge in [0, 0.05) is 45.7 Å². The second-order valence-corrected chi connectivity index (χ2v) is 8.50. The van der Waals surface area contributed by atoms with Crippen molar-refractivity contribution in [1.82, 2.24) is 15.0 Å². The molecule has 0 spiro atoms. The number of nitrogens with one attached hydrogen (secondary N) is 2. The van der Waals surface area contributed by atoms with Crippen molar-refractivity contribution in [3.8, 4) is 22.4 Å². The second-order valence-electron chi connectivity index (χ2n) is 7.64. The molecular weight excluding hydrogens is 494 g/mol. The maximum Gasteiger partial charge on any atom is 0.419 e. The number of hydrogen-bond donors (Lipinski definition) is 2. The lowest BCUT2D eigenvalue weighted by atomic mass is 10.0. The van der Waals surface area contributed by atoms with Crippen molar-refractivity contribution >= 4 is 39.0 Å². The van der Waals surface area contributed by atoms with Crippen molar-refractivity contribution < 1.29 is 22.4 Å². The molecule has 2 amide bonds. The average Bonchev–Trinajstić information content (AvgIpc) is 3.30. The number of anilines is 2. The third-order valence-electron chi connectivity index (χ3n) is 5.29. The molecule has 2 N–H and O–H groups in total. The lowest BCUT2D eigenvalue weighted by Crippen LogP contribution is -2.20. The van der Waals surface area contributed by atoms with Crippen LogP contribution < -0.4 is 10.6 Å². The van der Waals surface area contributed by atoms with Crippen LogP contribution in [0.5, 0.6) is 0 Å². The number of aromatic nitrogens is 3. The van der Waals surface area contributed by atoms with Gasteiger partial charge in [-0.05, 0) is 48.0 Å². The molecule has 0 bridgehead atoms. The average molecular weight is 509 g/mol. The minimum absolute atomic E-state index is 0.199. The number of benzene rings is 2. The van der Waals surface area contributed by atoms with E-state index in [1.807, 2.05) is 23.6 Å². The molecule has 36 heavy (non-hydrogen) atoms. The monoisotopic (exact) mass is 509 g/mol. The number of halogens is 4. The van der Waals surface area contributed by atoms with Gasteiger partial charge in [-0.25, -0.2) is 19.2 Å². The molecule has 5 rings (SSSR count). The molecule has 0 fully saturated rings. The predicted octanol–water partition coefficient (Wildman–Crippen LogP) is 7.22. The van der Waals surface area contributed by atoms with E-state index in [0.29, 0.717) is 29.1 Å². The van der Waals surface area contributed by atoms with Gasteiger partial charge in [0.05, 0.1) is 11.3 Å². The number of alkyl halides is 3. The van der Waals surface area contributed by atoms with Crippen LogP contribution in [0.4, 0.5) is 33.7 Å². The zero-order valence-electron chi connectivity index (χ0n) is 18.2. The van der Waals surface area contributed by atoms with E-state index >= 15 is 0 Å². The highest BCUT2D eigenvalue weighted by Crippen LogP contribution is 2.38. The molecular formula is C25H15F4N5OS. The number of pyridine rings is 1. The van der Waals surface area contributed by atoms with Crippen LogP contribution in [0.3, 0.4) is 0 Å². The molecule has 0 aliphatic heterocycles. The highest BCUT2D eigenvalue weighted by molar-refractivity contribution is 7.17. The van der Waals surface area contributed by atoms with Gasteiger partial charge in [-0.3, -0.25) is 4.98 Å². The molecule has 3 aromatic heterocycles. The molecule has 3 heterocycles. The van der Waals surface area contributed by atoms with Crippen molar-refractivity contribution in [3.05, 3.63) is 90.1 Å². The smallest absolute Gasteiger partial charge is 0.308 e. The van der Waals surface area contributed by atoms with Crippen LogP contribution in [-0.2, 0) is 6.18 Å². The van der Waals surface area contributed by atoms with Crippen molar-refractivity contribution in [2.45, 2.75) is 6.18 Å². The zero-order chi connectivity index (χ0) is 25.3. The van der Waals surface area contributed by atoms with E-state index in [0.717, 1.165) is 27.4 Å². The molecule has 5 aromatic rings. The minimum atomic E-state index is -4.88. The Kier molecular flexibility index (Phi) is 6.06. The van der Waals surface area contributed by atoms with Crippen molar-refractivity contribution in [1.29, 1.82) is 0 Å². The molecule has 0 atom stereocenters. The number of carbonyl (C=O) groups is 1. The molecule has 11 heteroatoms. The highest BCUT2D eigenvalue weighted by atomic mass is 32.1. The van der Waals surface area contributed by atoms with Gasteiger partial charge in [-0.15, -0.1) is 11.3 Å². The first kappa shape index (κ1) is 23.4. The van der Waals surface area contributed by atoms with Crippen LogP contribution in [0.1, 0.15) is 5.56 Å². The number of hydrogen-bond acceptors (Lipinski definition) is 5. The third-order valence-corrected chi connectivity index (χ3v) is 6.17. The fraction of sp³-hybridized carbons (Fsp3) is 0.0400. The fourth-order valence-electron chi connectivity index (χ4n) is 3.70. The Bertz CT molecular complexity index is 1570. The summed E-state index contributed by atoms with van der Waals surface area (Å²) in [6.45, 7) is 0. The summed E-state index contributed by atoms with van der Waals surface area (Å²) in [6, 6.07) is 12.1. The number of nitrogens with zero attached hydrogens (tertiary/aromatic N) is 3. The van der Waals surface area contributed by atoms with E-state index in [-0.39, 0.29) is 5.69 Å². The van der Waals surface area contributed by atoms with Gasteiger partial charge in [0.15, 0.2) is 0 Å². The van der Waals surface area contributed by atoms with Gasteiger partial charge in [-0.2, -0.15) is 13.2 Å². The van der Waals surface area contributed by atoms with Crippen molar-refractivity contribution in [2.75, 3.05) is 10.6 Å². The van der Waals surface area contributed by atoms with E-state index in [9.17, 15) is 22.4 Å². The Labute approximate surface area is 205 Å². The molecule has 0 aliphatic carbocycles. The maximum atomic E-state index is 13.5.